The molecule has 2 aliphatic heterocycles. The van der Waals surface area contributed by atoms with Crippen LogP contribution in [0.4, 0.5) is 0 Å². The molecule has 2 heterocycles. The van der Waals surface area contributed by atoms with Crippen LogP contribution in [0.2, 0.25) is 0 Å². The molecule has 0 saturated carbocycles. The fraction of sp³-hybridized carbons (Fsp3) is 1.00. The van der Waals surface area contributed by atoms with Crippen LogP contribution < -0.4 is 5.32 Å². The summed E-state index contributed by atoms with van der Waals surface area (Å²) < 4.78 is 33.9. The van der Waals surface area contributed by atoms with Crippen molar-refractivity contribution in [2.45, 2.75) is 32.7 Å². The molecule has 2 aliphatic rings. The van der Waals surface area contributed by atoms with Gasteiger partial charge in [-0.3, -0.25) is 0 Å². The summed E-state index contributed by atoms with van der Waals surface area (Å²) in [5.74, 6) is 0.600. The normalized spacial score (nSPS) is 27.8. The number of hydrogen-bond donors (Lipinski definition) is 1. The van der Waals surface area contributed by atoms with Gasteiger partial charge in [0.15, 0.2) is 0 Å². The zero-order chi connectivity index (χ0) is 14.6. The largest absolute Gasteiger partial charge is 0.378 e. The van der Waals surface area contributed by atoms with E-state index < -0.39 is 10.2 Å². The predicted molar refractivity (Wildman–Crippen MR) is 78.7 cm³/mol. The first-order valence-electron chi connectivity index (χ1n) is 7.61. The third kappa shape index (κ3) is 3.71. The van der Waals surface area contributed by atoms with Crippen molar-refractivity contribution in [3.8, 4) is 0 Å². The van der Waals surface area contributed by atoms with E-state index >= 15 is 0 Å². The molecule has 2 rings (SSSR count). The van der Waals surface area contributed by atoms with Crippen LogP contribution in [-0.4, -0.2) is 69.0 Å². The molecular weight excluding hydrogens is 278 g/mol. The van der Waals surface area contributed by atoms with Gasteiger partial charge in [-0.1, -0.05) is 6.92 Å². The fourth-order valence-corrected chi connectivity index (χ4v) is 4.69. The van der Waals surface area contributed by atoms with E-state index in [1.807, 2.05) is 6.92 Å². The van der Waals surface area contributed by atoms with Gasteiger partial charge in [-0.25, -0.2) is 0 Å². The molecule has 1 unspecified atom stereocenters. The Hall–Kier alpha value is -0.210. The molecule has 0 radical (unpaired) electrons. The second-order valence-corrected chi connectivity index (χ2v) is 7.57. The highest BCUT2D eigenvalue weighted by atomic mass is 32.2. The van der Waals surface area contributed by atoms with Gasteiger partial charge in [-0.05, 0) is 38.8 Å². The molecule has 2 saturated heterocycles. The molecule has 1 N–H and O–H groups in total. The maximum atomic E-state index is 12.7. The molecule has 0 bridgehead atoms. The highest BCUT2D eigenvalue weighted by Gasteiger charge is 2.36. The maximum Gasteiger partial charge on any atom is 0.282 e. The van der Waals surface area contributed by atoms with Crippen LogP contribution in [0.15, 0.2) is 0 Å². The zero-order valence-electron chi connectivity index (χ0n) is 12.5. The van der Waals surface area contributed by atoms with E-state index in [-0.39, 0.29) is 6.04 Å². The summed E-state index contributed by atoms with van der Waals surface area (Å²) in [5.41, 5.74) is 0. The van der Waals surface area contributed by atoms with Crippen LogP contribution >= 0.6 is 0 Å². The molecule has 7 heteroatoms. The van der Waals surface area contributed by atoms with Crippen LogP contribution in [0.5, 0.6) is 0 Å². The van der Waals surface area contributed by atoms with Crippen molar-refractivity contribution in [3.63, 3.8) is 0 Å². The molecule has 1 atom stereocenters. The SMILES string of the molecule is CCNCC1CCN(S(=O)(=O)N2CCOCC2C)CC1. The van der Waals surface area contributed by atoms with Crippen molar-refractivity contribution < 1.29 is 13.2 Å². The Morgan fingerprint density at radius 1 is 1.25 bits per heavy atom. The lowest BCUT2D eigenvalue weighted by atomic mass is 9.98. The maximum absolute atomic E-state index is 12.7. The van der Waals surface area contributed by atoms with Gasteiger partial charge in [0, 0.05) is 25.7 Å². The molecule has 0 spiro atoms. The quantitative estimate of drug-likeness (QED) is 0.792. The van der Waals surface area contributed by atoms with Crippen LogP contribution in [0, 0.1) is 5.92 Å². The Bertz CT molecular complexity index is 394. The summed E-state index contributed by atoms with van der Waals surface area (Å²) in [6, 6.07) is -0.0618. The van der Waals surface area contributed by atoms with Crippen molar-refractivity contribution in [2.75, 3.05) is 45.9 Å². The third-order valence-electron chi connectivity index (χ3n) is 4.19. The molecule has 0 amide bonds. The van der Waals surface area contributed by atoms with E-state index in [1.165, 1.54) is 0 Å². The number of piperidine rings is 1. The van der Waals surface area contributed by atoms with Crippen LogP contribution in [0.1, 0.15) is 26.7 Å². The standard InChI is InChI=1S/C13H27N3O3S/c1-3-14-10-13-4-6-15(7-5-13)20(17,18)16-8-9-19-11-12(16)2/h12-14H,3-11H2,1-2H3. The van der Waals surface area contributed by atoms with Gasteiger partial charge in [-0.15, -0.1) is 0 Å². The minimum atomic E-state index is -3.31. The Balaban J connectivity index is 1.91. The van der Waals surface area contributed by atoms with E-state index in [0.717, 1.165) is 25.9 Å². The smallest absolute Gasteiger partial charge is 0.282 e. The molecular formula is C13H27N3O3S. The van der Waals surface area contributed by atoms with Gasteiger partial charge in [0.2, 0.25) is 0 Å². The number of nitrogens with one attached hydrogen (secondary N) is 1. The molecule has 20 heavy (non-hydrogen) atoms. The number of rotatable bonds is 5. The Labute approximate surface area is 122 Å². The summed E-state index contributed by atoms with van der Waals surface area (Å²) in [5, 5.41) is 3.35. The minimum absolute atomic E-state index is 0.0618. The molecule has 0 aliphatic carbocycles. The molecule has 118 valence electrons. The average Bonchev–Trinajstić information content (AvgIpc) is 2.46. The van der Waals surface area contributed by atoms with Gasteiger partial charge in [0.1, 0.15) is 0 Å². The first-order chi connectivity index (χ1) is 9.55. The monoisotopic (exact) mass is 305 g/mol. The van der Waals surface area contributed by atoms with Gasteiger partial charge in [0.05, 0.1) is 13.2 Å². The van der Waals surface area contributed by atoms with Crippen LogP contribution in [-0.2, 0) is 14.9 Å². The number of morpholine rings is 1. The van der Waals surface area contributed by atoms with E-state index in [2.05, 4.69) is 12.2 Å². The van der Waals surface area contributed by atoms with Crippen LogP contribution in [0.3, 0.4) is 0 Å². The average molecular weight is 305 g/mol. The summed E-state index contributed by atoms with van der Waals surface area (Å²) in [7, 11) is -3.31. The van der Waals surface area contributed by atoms with E-state index in [9.17, 15) is 8.42 Å². The lowest BCUT2D eigenvalue weighted by Gasteiger charge is -2.38. The minimum Gasteiger partial charge on any atom is -0.378 e. The molecule has 0 aromatic heterocycles. The van der Waals surface area contributed by atoms with Crippen molar-refractivity contribution in [3.05, 3.63) is 0 Å². The highest BCUT2D eigenvalue weighted by Crippen LogP contribution is 2.23. The molecule has 0 aromatic rings. The van der Waals surface area contributed by atoms with Crippen molar-refractivity contribution in [1.29, 1.82) is 0 Å². The summed E-state index contributed by atoms with van der Waals surface area (Å²) in [6.07, 6.45) is 1.90. The summed E-state index contributed by atoms with van der Waals surface area (Å²) in [4.78, 5) is 0. The number of ether oxygens (including phenoxy) is 1. The van der Waals surface area contributed by atoms with Crippen molar-refractivity contribution >= 4 is 10.2 Å². The third-order valence-corrected chi connectivity index (χ3v) is 6.34. The van der Waals surface area contributed by atoms with E-state index in [0.29, 0.717) is 38.8 Å². The van der Waals surface area contributed by atoms with Crippen molar-refractivity contribution in [2.24, 2.45) is 5.92 Å². The fourth-order valence-electron chi connectivity index (χ4n) is 2.90. The lowest BCUT2D eigenvalue weighted by molar-refractivity contribution is 0.0356. The molecule has 2 fully saturated rings. The second kappa shape index (κ2) is 7.17. The van der Waals surface area contributed by atoms with Crippen LogP contribution in [0.25, 0.3) is 0 Å². The Morgan fingerprint density at radius 3 is 2.55 bits per heavy atom. The Morgan fingerprint density at radius 2 is 1.95 bits per heavy atom. The summed E-state index contributed by atoms with van der Waals surface area (Å²) >= 11 is 0. The predicted octanol–water partition coefficient (Wildman–Crippen LogP) is 0.273. The van der Waals surface area contributed by atoms with Crippen molar-refractivity contribution in [1.82, 2.24) is 13.9 Å². The molecule has 6 nitrogen and oxygen atoms in total. The Kier molecular flexibility index (Phi) is 5.80. The van der Waals surface area contributed by atoms with E-state index in [1.54, 1.807) is 8.61 Å². The van der Waals surface area contributed by atoms with Gasteiger partial charge in [0.25, 0.3) is 10.2 Å². The van der Waals surface area contributed by atoms with E-state index in [4.69, 9.17) is 4.74 Å². The van der Waals surface area contributed by atoms with Gasteiger partial charge < -0.3 is 10.1 Å². The lowest BCUT2D eigenvalue weighted by Crippen LogP contribution is -2.54. The number of nitrogens with zero attached hydrogens (tertiary/aromatic N) is 2. The highest BCUT2D eigenvalue weighted by molar-refractivity contribution is 7.86. The van der Waals surface area contributed by atoms with Gasteiger partial charge in [-0.2, -0.15) is 17.0 Å². The first-order valence-corrected chi connectivity index (χ1v) is 9.00. The molecule has 0 aromatic carbocycles. The topological polar surface area (TPSA) is 61.9 Å². The van der Waals surface area contributed by atoms with Gasteiger partial charge >= 0.3 is 0 Å². The first kappa shape index (κ1) is 16.2. The number of hydrogen-bond acceptors (Lipinski definition) is 4. The summed E-state index contributed by atoms with van der Waals surface area (Å²) in [6.45, 7) is 8.73. The zero-order valence-corrected chi connectivity index (χ0v) is 13.4. The second-order valence-electron chi connectivity index (χ2n) is 5.69.